The maximum Gasteiger partial charge on any atom is 0.309 e. The molecule has 0 spiro atoms. The molecule has 0 saturated heterocycles. The summed E-state index contributed by atoms with van der Waals surface area (Å²) in [5, 5.41) is 0. The predicted molar refractivity (Wildman–Crippen MR) is 71.0 cm³/mol. The number of carbonyl (C=O) groups is 1. The van der Waals surface area contributed by atoms with Crippen molar-refractivity contribution in [3.8, 4) is 0 Å². The number of ether oxygens (including phenoxy) is 1. The molecule has 1 unspecified atom stereocenters. The standard InChI is InChI=1S/C13H19O4P/c1-4-17-18(3,15)10-12-7-5-11(6-8-12)9-13(14)16-2/h5-8H,4,9-10H2,1-3H3. The van der Waals surface area contributed by atoms with Crippen molar-refractivity contribution in [1.29, 1.82) is 0 Å². The Hall–Kier alpha value is -1.12. The number of carbonyl (C=O) groups excluding carboxylic acids is 1. The van der Waals surface area contributed by atoms with Gasteiger partial charge < -0.3 is 9.26 Å². The Balaban J connectivity index is 2.66. The van der Waals surface area contributed by atoms with E-state index in [4.69, 9.17) is 4.52 Å². The maximum atomic E-state index is 12.0. The number of benzene rings is 1. The Morgan fingerprint density at radius 1 is 1.22 bits per heavy atom. The summed E-state index contributed by atoms with van der Waals surface area (Å²) in [5.74, 6) is -0.266. The quantitative estimate of drug-likeness (QED) is 0.589. The molecule has 0 radical (unpaired) electrons. The van der Waals surface area contributed by atoms with Crippen LogP contribution < -0.4 is 0 Å². The monoisotopic (exact) mass is 270 g/mol. The van der Waals surface area contributed by atoms with Gasteiger partial charge in [0.2, 0.25) is 7.37 Å². The zero-order chi connectivity index (χ0) is 13.6. The van der Waals surface area contributed by atoms with Gasteiger partial charge in [0.1, 0.15) is 0 Å². The maximum absolute atomic E-state index is 12.0. The fraction of sp³-hybridized carbons (Fsp3) is 0.462. The van der Waals surface area contributed by atoms with Crippen LogP contribution in [0.25, 0.3) is 0 Å². The molecule has 0 N–H and O–H groups in total. The summed E-state index contributed by atoms with van der Waals surface area (Å²) in [7, 11) is -1.19. The molecule has 0 saturated carbocycles. The molecule has 1 rings (SSSR count). The van der Waals surface area contributed by atoms with Gasteiger partial charge in [-0.15, -0.1) is 0 Å². The van der Waals surface area contributed by atoms with Gasteiger partial charge in [0.15, 0.2) is 0 Å². The number of hydrogen-bond donors (Lipinski definition) is 0. The fourth-order valence-corrected chi connectivity index (χ4v) is 3.16. The molecule has 0 aliphatic carbocycles. The van der Waals surface area contributed by atoms with Crippen LogP contribution >= 0.6 is 7.37 Å². The van der Waals surface area contributed by atoms with Gasteiger partial charge in [-0.2, -0.15) is 0 Å². The van der Waals surface area contributed by atoms with E-state index in [0.29, 0.717) is 12.8 Å². The first-order chi connectivity index (χ1) is 8.46. The molecule has 0 fully saturated rings. The Kier molecular flexibility index (Phi) is 5.57. The Labute approximate surface area is 108 Å². The highest BCUT2D eigenvalue weighted by molar-refractivity contribution is 7.57. The molecule has 5 heteroatoms. The first kappa shape index (κ1) is 14.9. The van der Waals surface area contributed by atoms with Gasteiger partial charge in [0, 0.05) is 12.8 Å². The second-order valence-corrected chi connectivity index (χ2v) is 6.76. The van der Waals surface area contributed by atoms with Gasteiger partial charge in [-0.25, -0.2) is 0 Å². The lowest BCUT2D eigenvalue weighted by atomic mass is 10.1. The lowest BCUT2D eigenvalue weighted by Crippen LogP contribution is -2.04. The SMILES string of the molecule is CCOP(C)(=O)Cc1ccc(CC(=O)OC)cc1. The van der Waals surface area contributed by atoms with Crippen LogP contribution in [0.2, 0.25) is 0 Å². The lowest BCUT2D eigenvalue weighted by Gasteiger charge is -2.12. The molecule has 0 aromatic heterocycles. The zero-order valence-corrected chi connectivity index (χ0v) is 11.9. The van der Waals surface area contributed by atoms with Crippen LogP contribution in [0.4, 0.5) is 0 Å². The van der Waals surface area contributed by atoms with Crippen molar-refractivity contribution in [3.05, 3.63) is 35.4 Å². The van der Waals surface area contributed by atoms with E-state index in [2.05, 4.69) is 4.74 Å². The van der Waals surface area contributed by atoms with Crippen molar-refractivity contribution in [2.45, 2.75) is 19.5 Å². The molecule has 1 aromatic rings. The summed E-state index contributed by atoms with van der Waals surface area (Å²) < 4.78 is 21.8. The van der Waals surface area contributed by atoms with E-state index in [-0.39, 0.29) is 12.4 Å². The molecule has 1 atom stereocenters. The molecular weight excluding hydrogens is 251 g/mol. The molecule has 0 aliphatic heterocycles. The zero-order valence-electron chi connectivity index (χ0n) is 11.0. The third kappa shape index (κ3) is 5.03. The number of hydrogen-bond acceptors (Lipinski definition) is 4. The van der Waals surface area contributed by atoms with E-state index in [1.165, 1.54) is 7.11 Å². The molecule has 0 amide bonds. The summed E-state index contributed by atoms with van der Waals surface area (Å²) >= 11 is 0. The largest absolute Gasteiger partial charge is 0.469 e. The Morgan fingerprint density at radius 2 is 1.78 bits per heavy atom. The smallest absolute Gasteiger partial charge is 0.309 e. The van der Waals surface area contributed by atoms with Crippen molar-refractivity contribution < 1.29 is 18.6 Å². The highest BCUT2D eigenvalue weighted by Gasteiger charge is 2.15. The number of esters is 1. The highest BCUT2D eigenvalue weighted by Crippen LogP contribution is 2.45. The molecule has 0 bridgehead atoms. The van der Waals surface area contributed by atoms with E-state index in [1.807, 2.05) is 31.2 Å². The average molecular weight is 270 g/mol. The van der Waals surface area contributed by atoms with Crippen molar-refractivity contribution in [2.75, 3.05) is 20.4 Å². The molecule has 4 nitrogen and oxygen atoms in total. The van der Waals surface area contributed by atoms with Crippen molar-refractivity contribution in [2.24, 2.45) is 0 Å². The summed E-state index contributed by atoms with van der Waals surface area (Å²) in [6.45, 7) is 3.92. The Bertz CT molecular complexity index is 439. The van der Waals surface area contributed by atoms with Crippen LogP contribution in [0.1, 0.15) is 18.1 Å². The topological polar surface area (TPSA) is 52.6 Å². The summed E-state index contributed by atoms with van der Waals surface area (Å²) in [6, 6.07) is 7.43. The van der Waals surface area contributed by atoms with Crippen molar-refractivity contribution in [1.82, 2.24) is 0 Å². The van der Waals surface area contributed by atoms with Gasteiger partial charge in [0.25, 0.3) is 0 Å². The molecule has 1 aromatic carbocycles. The predicted octanol–water partition coefficient (Wildman–Crippen LogP) is 2.85. The minimum atomic E-state index is -2.55. The Morgan fingerprint density at radius 3 is 2.28 bits per heavy atom. The third-order valence-electron chi connectivity index (χ3n) is 2.47. The minimum Gasteiger partial charge on any atom is -0.469 e. The van der Waals surface area contributed by atoms with E-state index in [0.717, 1.165) is 11.1 Å². The van der Waals surface area contributed by atoms with Gasteiger partial charge in [-0.05, 0) is 18.1 Å². The van der Waals surface area contributed by atoms with Crippen LogP contribution in [0, 0.1) is 0 Å². The first-order valence-corrected chi connectivity index (χ1v) is 8.08. The van der Waals surface area contributed by atoms with Gasteiger partial charge >= 0.3 is 5.97 Å². The third-order valence-corrected chi connectivity index (χ3v) is 4.22. The molecule has 0 heterocycles. The first-order valence-electron chi connectivity index (χ1n) is 5.82. The van der Waals surface area contributed by atoms with Gasteiger partial charge in [-0.3, -0.25) is 9.36 Å². The van der Waals surface area contributed by atoms with Crippen molar-refractivity contribution in [3.63, 3.8) is 0 Å². The lowest BCUT2D eigenvalue weighted by molar-refractivity contribution is -0.139. The average Bonchev–Trinajstić information content (AvgIpc) is 2.31. The van der Waals surface area contributed by atoms with Gasteiger partial charge in [-0.1, -0.05) is 24.3 Å². The second-order valence-electron chi connectivity index (χ2n) is 4.16. The van der Waals surface area contributed by atoms with E-state index in [9.17, 15) is 9.36 Å². The van der Waals surface area contributed by atoms with Crippen LogP contribution in [-0.4, -0.2) is 26.4 Å². The normalized spacial score (nSPS) is 13.9. The fourth-order valence-electron chi connectivity index (χ4n) is 1.65. The number of rotatable bonds is 6. The summed E-state index contributed by atoms with van der Waals surface area (Å²) in [6.07, 6.45) is 0.672. The molecular formula is C13H19O4P. The van der Waals surface area contributed by atoms with Crippen LogP contribution in [0.5, 0.6) is 0 Å². The summed E-state index contributed by atoms with van der Waals surface area (Å²) in [5.41, 5.74) is 1.83. The van der Waals surface area contributed by atoms with E-state index in [1.54, 1.807) is 6.66 Å². The van der Waals surface area contributed by atoms with Crippen molar-refractivity contribution >= 4 is 13.3 Å². The van der Waals surface area contributed by atoms with Crippen LogP contribution in [-0.2, 0) is 31.2 Å². The molecule has 0 aliphatic rings. The van der Waals surface area contributed by atoms with E-state index >= 15 is 0 Å². The second kappa shape index (κ2) is 6.72. The van der Waals surface area contributed by atoms with Crippen LogP contribution in [0.3, 0.4) is 0 Å². The minimum absolute atomic E-state index is 0.256. The summed E-state index contributed by atoms with van der Waals surface area (Å²) in [4.78, 5) is 11.1. The van der Waals surface area contributed by atoms with Crippen LogP contribution in [0.15, 0.2) is 24.3 Å². The molecule has 18 heavy (non-hydrogen) atoms. The van der Waals surface area contributed by atoms with Gasteiger partial charge in [0.05, 0.1) is 20.1 Å². The van der Waals surface area contributed by atoms with E-state index < -0.39 is 7.37 Å². The number of methoxy groups -OCH3 is 1. The highest BCUT2D eigenvalue weighted by atomic mass is 31.2. The molecule has 100 valence electrons.